The zero-order valence-corrected chi connectivity index (χ0v) is 9.60. The average Bonchev–Trinajstić information content (AvgIpc) is 1.99. The fourth-order valence-corrected chi connectivity index (χ4v) is 3.91. The van der Waals surface area contributed by atoms with Gasteiger partial charge in [0.1, 0.15) is 0 Å². The molecule has 1 saturated heterocycles. The molecule has 1 fully saturated rings. The summed E-state index contributed by atoms with van der Waals surface area (Å²) in [7, 11) is 0. The Labute approximate surface area is 83.7 Å². The minimum atomic E-state index is 0.0809. The van der Waals surface area contributed by atoms with E-state index in [2.05, 4.69) is 33.0 Å². The van der Waals surface area contributed by atoms with E-state index >= 15 is 0 Å². The van der Waals surface area contributed by atoms with E-state index < -0.39 is 0 Å². The molecule has 0 aromatic rings. The highest BCUT2D eigenvalue weighted by Crippen LogP contribution is 2.43. The van der Waals surface area contributed by atoms with Gasteiger partial charge in [-0.15, -0.1) is 11.8 Å². The molecule has 70 valence electrons. The van der Waals surface area contributed by atoms with E-state index in [1.54, 1.807) is 0 Å². The highest BCUT2D eigenvalue weighted by Gasteiger charge is 2.46. The van der Waals surface area contributed by atoms with Crippen LogP contribution in [-0.2, 0) is 0 Å². The van der Waals surface area contributed by atoms with Gasteiger partial charge in [-0.05, 0) is 27.7 Å². The van der Waals surface area contributed by atoms with E-state index in [0.717, 1.165) is 0 Å². The summed E-state index contributed by atoms with van der Waals surface area (Å²) in [5.41, 5.74) is 5.65. The van der Waals surface area contributed by atoms with Crippen molar-refractivity contribution in [1.82, 2.24) is 5.32 Å². The van der Waals surface area contributed by atoms with E-state index in [1.807, 2.05) is 11.8 Å². The van der Waals surface area contributed by atoms with Gasteiger partial charge in [0, 0.05) is 4.75 Å². The minimum Gasteiger partial charge on any atom is -0.392 e. The van der Waals surface area contributed by atoms with Gasteiger partial charge >= 0.3 is 0 Å². The maximum absolute atomic E-state index is 5.65. The molecule has 0 spiro atoms. The highest BCUT2D eigenvalue weighted by atomic mass is 32.2. The third kappa shape index (κ3) is 1.92. The third-order valence-electron chi connectivity index (χ3n) is 1.99. The topological polar surface area (TPSA) is 38.0 Å². The summed E-state index contributed by atoms with van der Waals surface area (Å²) in [6.45, 7) is 8.64. The Bertz CT molecular complexity index is 211. The van der Waals surface area contributed by atoms with Gasteiger partial charge in [0.15, 0.2) is 0 Å². The molecule has 1 atom stereocenters. The number of thioether (sulfide) groups is 1. The van der Waals surface area contributed by atoms with Crippen LogP contribution in [0.3, 0.4) is 0 Å². The standard InChI is InChI=1S/C8H16N2S2/c1-7(2)5(6(9)11)10-8(3,4)12-7/h5,10H,1-4H3,(H2,9,11). The Morgan fingerprint density at radius 1 is 1.42 bits per heavy atom. The second-order valence-corrected chi connectivity index (χ2v) is 6.94. The zero-order valence-electron chi connectivity index (χ0n) is 7.97. The second-order valence-electron chi connectivity index (χ2n) is 4.20. The van der Waals surface area contributed by atoms with Crippen molar-refractivity contribution in [3.63, 3.8) is 0 Å². The molecule has 0 bridgehead atoms. The van der Waals surface area contributed by atoms with Gasteiger partial charge < -0.3 is 5.73 Å². The van der Waals surface area contributed by atoms with Crippen molar-refractivity contribution in [3.05, 3.63) is 0 Å². The lowest BCUT2D eigenvalue weighted by atomic mass is 10.0. The number of thiocarbonyl (C=S) groups is 1. The van der Waals surface area contributed by atoms with Crippen molar-refractivity contribution in [2.75, 3.05) is 0 Å². The van der Waals surface area contributed by atoms with Crippen LogP contribution in [0.25, 0.3) is 0 Å². The van der Waals surface area contributed by atoms with Crippen molar-refractivity contribution < 1.29 is 0 Å². The predicted octanol–water partition coefficient (Wildman–Crippen LogP) is 1.49. The first-order valence-corrected chi connectivity index (χ1v) is 5.24. The summed E-state index contributed by atoms with van der Waals surface area (Å²) in [5, 5.41) is 3.42. The van der Waals surface area contributed by atoms with Crippen LogP contribution >= 0.6 is 24.0 Å². The van der Waals surface area contributed by atoms with Crippen LogP contribution in [0, 0.1) is 0 Å². The SMILES string of the molecule is CC1(C)NC(C(N)=S)C(C)(C)S1. The van der Waals surface area contributed by atoms with Gasteiger partial charge in [-0.1, -0.05) is 12.2 Å². The molecular weight excluding hydrogens is 188 g/mol. The monoisotopic (exact) mass is 204 g/mol. The van der Waals surface area contributed by atoms with Crippen molar-refractivity contribution in [1.29, 1.82) is 0 Å². The minimum absolute atomic E-state index is 0.0809. The molecule has 12 heavy (non-hydrogen) atoms. The number of hydrogen-bond donors (Lipinski definition) is 2. The number of rotatable bonds is 1. The van der Waals surface area contributed by atoms with Gasteiger partial charge in [-0.2, -0.15) is 0 Å². The lowest BCUT2D eigenvalue weighted by Crippen LogP contribution is -2.49. The Hall–Kier alpha value is 0.200. The first-order valence-electron chi connectivity index (χ1n) is 4.02. The molecule has 4 heteroatoms. The molecule has 1 unspecified atom stereocenters. The molecule has 1 aliphatic heterocycles. The van der Waals surface area contributed by atoms with Crippen LogP contribution in [0.15, 0.2) is 0 Å². The molecule has 1 rings (SSSR count). The second kappa shape index (κ2) is 2.86. The molecular formula is C8H16N2S2. The van der Waals surface area contributed by atoms with E-state index in [0.29, 0.717) is 4.99 Å². The Morgan fingerprint density at radius 2 is 1.92 bits per heavy atom. The quantitative estimate of drug-likeness (QED) is 0.635. The molecule has 3 N–H and O–H groups in total. The molecule has 0 radical (unpaired) electrons. The van der Waals surface area contributed by atoms with Gasteiger partial charge in [0.05, 0.1) is 15.9 Å². The van der Waals surface area contributed by atoms with Crippen molar-refractivity contribution in [2.45, 2.75) is 43.4 Å². The Kier molecular flexibility index (Phi) is 2.45. The molecule has 0 saturated carbocycles. The first-order chi connectivity index (χ1) is 5.25. The smallest absolute Gasteiger partial charge is 0.0914 e. The van der Waals surface area contributed by atoms with Gasteiger partial charge in [-0.3, -0.25) is 5.32 Å². The van der Waals surface area contributed by atoms with E-state index in [4.69, 9.17) is 18.0 Å². The maximum Gasteiger partial charge on any atom is 0.0914 e. The normalized spacial score (nSPS) is 31.8. The number of nitrogens with two attached hydrogens (primary N) is 1. The average molecular weight is 204 g/mol. The molecule has 2 nitrogen and oxygen atoms in total. The molecule has 0 aromatic carbocycles. The van der Waals surface area contributed by atoms with Crippen molar-refractivity contribution in [2.24, 2.45) is 5.73 Å². The lowest BCUT2D eigenvalue weighted by molar-refractivity contribution is 0.500. The van der Waals surface area contributed by atoms with Crippen LogP contribution in [-0.4, -0.2) is 20.6 Å². The summed E-state index contributed by atoms with van der Waals surface area (Å²) >= 11 is 6.89. The predicted molar refractivity (Wildman–Crippen MR) is 59.5 cm³/mol. The first kappa shape index (κ1) is 10.3. The fraction of sp³-hybridized carbons (Fsp3) is 0.875. The maximum atomic E-state index is 5.65. The zero-order chi connectivity index (χ0) is 9.57. The summed E-state index contributed by atoms with van der Waals surface area (Å²) < 4.78 is 0.106. The van der Waals surface area contributed by atoms with Crippen LogP contribution in [0.1, 0.15) is 27.7 Å². The third-order valence-corrected chi connectivity index (χ3v) is 3.62. The summed E-state index contributed by atoms with van der Waals surface area (Å²) in [6.07, 6.45) is 0. The number of nitrogens with one attached hydrogen (secondary N) is 1. The molecule has 0 aliphatic carbocycles. The molecule has 0 amide bonds. The Balaban J connectivity index is 2.85. The van der Waals surface area contributed by atoms with Crippen LogP contribution in [0.4, 0.5) is 0 Å². The van der Waals surface area contributed by atoms with Crippen LogP contribution < -0.4 is 11.1 Å². The number of hydrogen-bond acceptors (Lipinski definition) is 3. The lowest BCUT2D eigenvalue weighted by Gasteiger charge is -2.23. The fourth-order valence-electron chi connectivity index (χ4n) is 1.68. The van der Waals surface area contributed by atoms with E-state index in [9.17, 15) is 0 Å². The molecule has 1 aliphatic rings. The summed E-state index contributed by atoms with van der Waals surface area (Å²) in [4.78, 5) is 0.649. The molecule has 0 aromatic heterocycles. The summed E-state index contributed by atoms with van der Waals surface area (Å²) in [5.74, 6) is 0. The summed E-state index contributed by atoms with van der Waals surface area (Å²) in [6, 6.07) is 0.146. The largest absolute Gasteiger partial charge is 0.392 e. The van der Waals surface area contributed by atoms with E-state index in [-0.39, 0.29) is 15.7 Å². The van der Waals surface area contributed by atoms with Crippen LogP contribution in [0.5, 0.6) is 0 Å². The van der Waals surface area contributed by atoms with Gasteiger partial charge in [0.25, 0.3) is 0 Å². The van der Waals surface area contributed by atoms with Crippen LogP contribution in [0.2, 0.25) is 0 Å². The van der Waals surface area contributed by atoms with Gasteiger partial charge in [-0.25, -0.2) is 0 Å². The van der Waals surface area contributed by atoms with Crippen molar-refractivity contribution in [3.8, 4) is 0 Å². The van der Waals surface area contributed by atoms with E-state index in [1.165, 1.54) is 0 Å². The molecule has 1 heterocycles. The van der Waals surface area contributed by atoms with Gasteiger partial charge in [0.2, 0.25) is 0 Å². The van der Waals surface area contributed by atoms with Crippen molar-refractivity contribution >= 4 is 29.0 Å². The Morgan fingerprint density at radius 3 is 2.08 bits per heavy atom. The highest BCUT2D eigenvalue weighted by molar-refractivity contribution is 8.02.